The Balaban J connectivity index is 1.90. The van der Waals surface area contributed by atoms with Crippen LogP contribution in [0.25, 0.3) is 0 Å². The van der Waals surface area contributed by atoms with Crippen LogP contribution >= 0.6 is 0 Å². The van der Waals surface area contributed by atoms with Gasteiger partial charge >= 0.3 is 0 Å². The Hall–Kier alpha value is -1.49. The monoisotopic (exact) mass is 312 g/mol. The van der Waals surface area contributed by atoms with Crippen LogP contribution in [-0.2, 0) is 14.8 Å². The minimum absolute atomic E-state index is 0.124. The van der Waals surface area contributed by atoms with Crippen LogP contribution in [0.5, 0.6) is 0 Å². The van der Waals surface area contributed by atoms with Crippen molar-refractivity contribution in [2.75, 3.05) is 13.2 Å². The third-order valence-electron chi connectivity index (χ3n) is 3.42. The molecule has 0 amide bonds. The highest BCUT2D eigenvalue weighted by Gasteiger charge is 2.17. The van der Waals surface area contributed by atoms with Crippen LogP contribution in [0.15, 0.2) is 23.1 Å². The lowest BCUT2D eigenvalue weighted by Crippen LogP contribution is -2.28. The molecule has 1 fully saturated rings. The lowest BCUT2D eigenvalue weighted by Gasteiger charge is -2.12. The average molecular weight is 312 g/mol. The molecule has 1 aliphatic carbocycles. The van der Waals surface area contributed by atoms with Crippen LogP contribution in [0.1, 0.15) is 31.2 Å². The SMILES string of the molecule is N#Cc1cc(S(=O)(=O)NCCOC2CCCC2)ccc1F. The van der Waals surface area contributed by atoms with E-state index in [-0.39, 0.29) is 23.1 Å². The van der Waals surface area contributed by atoms with Gasteiger partial charge in [0.1, 0.15) is 11.9 Å². The number of halogens is 1. The molecule has 2 rings (SSSR count). The lowest BCUT2D eigenvalue weighted by atomic mass is 10.2. The summed E-state index contributed by atoms with van der Waals surface area (Å²) in [7, 11) is -3.75. The van der Waals surface area contributed by atoms with Crippen molar-refractivity contribution >= 4 is 10.0 Å². The molecule has 0 radical (unpaired) electrons. The van der Waals surface area contributed by atoms with E-state index in [1.165, 1.54) is 0 Å². The first kappa shape index (κ1) is 15.9. The van der Waals surface area contributed by atoms with E-state index in [1.54, 1.807) is 6.07 Å². The van der Waals surface area contributed by atoms with Gasteiger partial charge in [-0.05, 0) is 31.0 Å². The molecule has 0 heterocycles. The first-order valence-electron chi connectivity index (χ1n) is 6.84. The molecular formula is C14H17FN2O3S. The Morgan fingerprint density at radius 2 is 2.10 bits per heavy atom. The number of nitriles is 1. The standard InChI is InChI=1S/C14H17FN2O3S/c15-14-6-5-13(9-11(14)10-16)21(18,19)17-7-8-20-12-3-1-2-4-12/h5-6,9,12,17H,1-4,7-8H2. The van der Waals surface area contributed by atoms with Crippen molar-refractivity contribution in [1.82, 2.24) is 4.72 Å². The summed E-state index contributed by atoms with van der Waals surface area (Å²) in [4.78, 5) is -0.124. The van der Waals surface area contributed by atoms with Crippen molar-refractivity contribution < 1.29 is 17.5 Å². The van der Waals surface area contributed by atoms with Crippen molar-refractivity contribution in [1.29, 1.82) is 5.26 Å². The van der Waals surface area contributed by atoms with Gasteiger partial charge in [-0.15, -0.1) is 0 Å². The molecule has 1 aromatic rings. The average Bonchev–Trinajstić information content (AvgIpc) is 2.97. The second-order valence-electron chi connectivity index (χ2n) is 4.93. The van der Waals surface area contributed by atoms with E-state index in [9.17, 15) is 12.8 Å². The Labute approximate surface area is 123 Å². The molecule has 0 aliphatic heterocycles. The molecular weight excluding hydrogens is 295 g/mol. The zero-order valence-corrected chi connectivity index (χ0v) is 12.3. The third kappa shape index (κ3) is 4.24. The third-order valence-corrected chi connectivity index (χ3v) is 4.88. The molecule has 0 saturated heterocycles. The molecule has 1 saturated carbocycles. The van der Waals surface area contributed by atoms with E-state index in [0.29, 0.717) is 6.61 Å². The van der Waals surface area contributed by atoms with E-state index in [4.69, 9.17) is 10.00 Å². The van der Waals surface area contributed by atoms with Crippen LogP contribution < -0.4 is 4.72 Å². The van der Waals surface area contributed by atoms with Crippen molar-refractivity contribution in [3.8, 4) is 6.07 Å². The Bertz CT molecular complexity index is 634. The normalized spacial score (nSPS) is 16.0. The molecule has 114 valence electrons. The molecule has 0 unspecified atom stereocenters. The molecule has 7 heteroatoms. The summed E-state index contributed by atoms with van der Waals surface area (Å²) in [5, 5.41) is 8.72. The zero-order valence-electron chi connectivity index (χ0n) is 11.5. The van der Waals surface area contributed by atoms with E-state index in [2.05, 4.69) is 4.72 Å². The van der Waals surface area contributed by atoms with E-state index in [1.807, 2.05) is 0 Å². The molecule has 0 bridgehead atoms. The van der Waals surface area contributed by atoms with Crippen LogP contribution in [0.2, 0.25) is 0 Å². The summed E-state index contributed by atoms with van der Waals surface area (Å²) in [5.74, 6) is -0.735. The van der Waals surface area contributed by atoms with Gasteiger partial charge in [0.2, 0.25) is 10.0 Å². The number of rotatable bonds is 6. The fraction of sp³-hybridized carbons (Fsp3) is 0.500. The van der Waals surface area contributed by atoms with Gasteiger partial charge < -0.3 is 4.74 Å². The second-order valence-corrected chi connectivity index (χ2v) is 6.70. The van der Waals surface area contributed by atoms with Crippen LogP contribution in [0.4, 0.5) is 4.39 Å². The van der Waals surface area contributed by atoms with Gasteiger partial charge in [-0.2, -0.15) is 5.26 Å². The van der Waals surface area contributed by atoms with Gasteiger partial charge in [-0.3, -0.25) is 0 Å². The number of hydrogen-bond acceptors (Lipinski definition) is 4. The first-order valence-corrected chi connectivity index (χ1v) is 8.32. The van der Waals surface area contributed by atoms with Crippen molar-refractivity contribution in [2.45, 2.75) is 36.7 Å². The minimum Gasteiger partial charge on any atom is -0.377 e. The predicted octanol–water partition coefficient (Wildman–Crippen LogP) is 1.93. The number of ether oxygens (including phenoxy) is 1. The number of nitrogens with one attached hydrogen (secondary N) is 1. The molecule has 1 aliphatic rings. The predicted molar refractivity (Wildman–Crippen MR) is 74.5 cm³/mol. The zero-order chi connectivity index (χ0) is 15.3. The maximum absolute atomic E-state index is 13.2. The number of benzene rings is 1. The minimum atomic E-state index is -3.75. The maximum Gasteiger partial charge on any atom is 0.240 e. The second kappa shape index (κ2) is 6.98. The molecule has 0 atom stereocenters. The lowest BCUT2D eigenvalue weighted by molar-refractivity contribution is 0.0626. The molecule has 21 heavy (non-hydrogen) atoms. The van der Waals surface area contributed by atoms with Gasteiger partial charge in [0.05, 0.1) is 23.2 Å². The fourth-order valence-corrected chi connectivity index (χ4v) is 3.34. The number of hydrogen-bond donors (Lipinski definition) is 1. The fourth-order valence-electron chi connectivity index (χ4n) is 2.30. The van der Waals surface area contributed by atoms with Gasteiger partial charge in [0, 0.05) is 6.54 Å². The van der Waals surface area contributed by atoms with Crippen molar-refractivity contribution in [3.63, 3.8) is 0 Å². The topological polar surface area (TPSA) is 79.2 Å². The Kier molecular flexibility index (Phi) is 5.28. The molecule has 0 aromatic heterocycles. The molecule has 1 aromatic carbocycles. The quantitative estimate of drug-likeness (QED) is 0.814. The molecule has 1 N–H and O–H groups in total. The molecule has 5 nitrogen and oxygen atoms in total. The summed E-state index contributed by atoms with van der Waals surface area (Å²) in [6, 6.07) is 4.75. The summed E-state index contributed by atoms with van der Waals surface area (Å²) in [6.07, 6.45) is 4.59. The smallest absolute Gasteiger partial charge is 0.240 e. The van der Waals surface area contributed by atoms with Crippen molar-refractivity contribution in [3.05, 3.63) is 29.6 Å². The summed E-state index contributed by atoms with van der Waals surface area (Å²) in [6.45, 7) is 0.453. The van der Waals surface area contributed by atoms with E-state index < -0.39 is 15.8 Å². The van der Waals surface area contributed by atoms with Crippen LogP contribution in [0, 0.1) is 17.1 Å². The van der Waals surface area contributed by atoms with E-state index >= 15 is 0 Å². The first-order chi connectivity index (χ1) is 10.0. The number of nitrogens with zero attached hydrogens (tertiary/aromatic N) is 1. The van der Waals surface area contributed by atoms with Crippen LogP contribution in [-0.4, -0.2) is 27.7 Å². The summed E-state index contributed by atoms with van der Waals surface area (Å²) >= 11 is 0. The molecule has 0 spiro atoms. The van der Waals surface area contributed by atoms with Gasteiger partial charge in [-0.1, -0.05) is 12.8 Å². The largest absolute Gasteiger partial charge is 0.377 e. The van der Waals surface area contributed by atoms with Gasteiger partial charge in [-0.25, -0.2) is 17.5 Å². The highest BCUT2D eigenvalue weighted by atomic mass is 32.2. The summed E-state index contributed by atoms with van der Waals surface area (Å²) < 4.78 is 45.1. The highest BCUT2D eigenvalue weighted by Crippen LogP contribution is 2.20. The van der Waals surface area contributed by atoms with Crippen molar-refractivity contribution in [2.24, 2.45) is 0 Å². The Morgan fingerprint density at radius 1 is 1.38 bits per heavy atom. The van der Waals surface area contributed by atoms with Gasteiger partial charge in [0.15, 0.2) is 0 Å². The summed E-state index contributed by atoms with van der Waals surface area (Å²) in [5.41, 5.74) is -0.292. The highest BCUT2D eigenvalue weighted by molar-refractivity contribution is 7.89. The Morgan fingerprint density at radius 3 is 2.76 bits per heavy atom. The van der Waals surface area contributed by atoms with E-state index in [0.717, 1.165) is 43.9 Å². The maximum atomic E-state index is 13.2. The van der Waals surface area contributed by atoms with Gasteiger partial charge in [0.25, 0.3) is 0 Å². The number of sulfonamides is 1. The van der Waals surface area contributed by atoms with Crippen LogP contribution in [0.3, 0.4) is 0 Å².